The fraction of sp³-hybridized carbons (Fsp3) is 0.615. The lowest BCUT2D eigenvalue weighted by Crippen LogP contribution is -2.25. The maximum absolute atomic E-state index is 12.0. The molecule has 1 rings (SSSR count). The summed E-state index contributed by atoms with van der Waals surface area (Å²) >= 11 is 1.81. The molecule has 0 unspecified atom stereocenters. The molecule has 0 spiro atoms. The topological polar surface area (TPSA) is 71.1 Å². The monoisotopic (exact) mass is 317 g/mol. The van der Waals surface area contributed by atoms with E-state index in [0.29, 0.717) is 12.4 Å². The number of rotatable bonds is 10. The molecule has 0 aliphatic rings. The van der Waals surface area contributed by atoms with E-state index in [1.54, 1.807) is 12.1 Å². The summed E-state index contributed by atoms with van der Waals surface area (Å²) in [7, 11) is -3.43. The first-order valence-electron chi connectivity index (χ1n) is 6.78. The van der Waals surface area contributed by atoms with E-state index in [2.05, 4.69) is 21.3 Å². The van der Waals surface area contributed by atoms with Crippen LogP contribution < -0.4 is 10.0 Å². The highest BCUT2D eigenvalue weighted by atomic mass is 32.2. The average molecular weight is 317 g/mol. The van der Waals surface area contributed by atoms with Gasteiger partial charge in [0.25, 0.3) is 0 Å². The summed E-state index contributed by atoms with van der Waals surface area (Å²) in [4.78, 5) is 4.28. The van der Waals surface area contributed by atoms with Crippen molar-refractivity contribution in [3.05, 3.63) is 18.3 Å². The molecule has 1 aromatic heterocycles. The highest BCUT2D eigenvalue weighted by Crippen LogP contribution is 2.10. The van der Waals surface area contributed by atoms with Crippen LogP contribution in [0.4, 0.5) is 5.82 Å². The van der Waals surface area contributed by atoms with Gasteiger partial charge < -0.3 is 5.32 Å². The summed E-state index contributed by atoms with van der Waals surface area (Å²) < 4.78 is 26.6. The van der Waals surface area contributed by atoms with Gasteiger partial charge in [0.1, 0.15) is 10.7 Å². The Labute approximate surface area is 126 Å². The number of anilines is 1. The molecule has 1 aromatic rings. The van der Waals surface area contributed by atoms with Gasteiger partial charge in [-0.2, -0.15) is 11.8 Å². The zero-order chi connectivity index (χ0) is 14.8. The number of hydrogen-bond acceptors (Lipinski definition) is 5. The van der Waals surface area contributed by atoms with Crippen molar-refractivity contribution in [3.8, 4) is 0 Å². The number of nitrogens with zero attached hydrogens (tertiary/aromatic N) is 1. The van der Waals surface area contributed by atoms with Crippen molar-refractivity contribution >= 4 is 27.6 Å². The van der Waals surface area contributed by atoms with E-state index < -0.39 is 10.0 Å². The van der Waals surface area contributed by atoms with E-state index in [1.807, 2.05) is 18.7 Å². The lowest BCUT2D eigenvalue weighted by atomic mass is 10.2. The second kappa shape index (κ2) is 9.20. The molecule has 0 bridgehead atoms. The Bertz CT molecular complexity index is 475. The van der Waals surface area contributed by atoms with Gasteiger partial charge in [-0.25, -0.2) is 18.1 Å². The number of pyridine rings is 1. The van der Waals surface area contributed by atoms with Crippen LogP contribution in [0.25, 0.3) is 0 Å². The predicted molar refractivity (Wildman–Crippen MR) is 85.8 cm³/mol. The van der Waals surface area contributed by atoms with E-state index in [1.165, 1.54) is 6.20 Å². The van der Waals surface area contributed by atoms with Gasteiger partial charge in [-0.3, -0.25) is 0 Å². The van der Waals surface area contributed by atoms with Crippen molar-refractivity contribution in [2.24, 2.45) is 0 Å². The molecule has 0 atom stereocenters. The third-order valence-corrected chi connectivity index (χ3v) is 4.87. The van der Waals surface area contributed by atoms with Gasteiger partial charge in [0.15, 0.2) is 0 Å². The van der Waals surface area contributed by atoms with Crippen molar-refractivity contribution in [2.45, 2.75) is 31.1 Å². The van der Waals surface area contributed by atoms with Crippen molar-refractivity contribution in [2.75, 3.05) is 30.4 Å². The van der Waals surface area contributed by atoms with Crippen molar-refractivity contribution in [1.82, 2.24) is 9.71 Å². The van der Waals surface area contributed by atoms with Gasteiger partial charge in [0.2, 0.25) is 10.0 Å². The van der Waals surface area contributed by atoms with Gasteiger partial charge in [-0.15, -0.1) is 0 Å². The SMILES string of the molecule is CCNc1ccc(S(=O)(=O)NCCCCCSC)cn1. The zero-order valence-corrected chi connectivity index (χ0v) is 13.7. The van der Waals surface area contributed by atoms with Crippen molar-refractivity contribution < 1.29 is 8.42 Å². The Morgan fingerprint density at radius 1 is 1.25 bits per heavy atom. The lowest BCUT2D eigenvalue weighted by molar-refractivity contribution is 0.576. The van der Waals surface area contributed by atoms with Gasteiger partial charge in [-0.05, 0) is 43.9 Å². The maximum atomic E-state index is 12.0. The van der Waals surface area contributed by atoms with Crippen LogP contribution in [0.2, 0.25) is 0 Å². The standard InChI is InChI=1S/C13H23N3O2S2/c1-3-14-13-8-7-12(11-15-13)20(17,18)16-9-5-4-6-10-19-2/h7-8,11,16H,3-6,9-10H2,1-2H3,(H,14,15). The fourth-order valence-corrected chi connectivity index (χ4v) is 3.17. The van der Waals surface area contributed by atoms with Crippen LogP contribution in [0.15, 0.2) is 23.2 Å². The molecule has 114 valence electrons. The quantitative estimate of drug-likeness (QED) is 0.648. The summed E-state index contributed by atoms with van der Waals surface area (Å²) in [6, 6.07) is 3.25. The molecule has 0 amide bonds. The number of sulfonamides is 1. The molecule has 2 N–H and O–H groups in total. The van der Waals surface area contributed by atoms with E-state index in [-0.39, 0.29) is 4.90 Å². The normalized spacial score (nSPS) is 11.5. The molecule has 1 heterocycles. The van der Waals surface area contributed by atoms with Gasteiger partial charge in [0, 0.05) is 19.3 Å². The van der Waals surface area contributed by atoms with Crippen LogP contribution in [0.5, 0.6) is 0 Å². The average Bonchev–Trinajstić information content (AvgIpc) is 2.44. The summed E-state index contributed by atoms with van der Waals surface area (Å²) in [5.41, 5.74) is 0. The number of hydrogen-bond donors (Lipinski definition) is 2. The third kappa shape index (κ3) is 6.11. The van der Waals surface area contributed by atoms with Crippen LogP contribution in [0, 0.1) is 0 Å². The summed E-state index contributed by atoms with van der Waals surface area (Å²) in [6.07, 6.45) is 6.49. The second-order valence-corrected chi connectivity index (χ2v) is 7.11. The second-order valence-electron chi connectivity index (χ2n) is 4.36. The molecule has 20 heavy (non-hydrogen) atoms. The minimum atomic E-state index is -3.43. The van der Waals surface area contributed by atoms with E-state index in [4.69, 9.17) is 0 Å². The Morgan fingerprint density at radius 2 is 2.05 bits per heavy atom. The lowest BCUT2D eigenvalue weighted by Gasteiger charge is -2.07. The van der Waals surface area contributed by atoms with E-state index in [9.17, 15) is 8.42 Å². The molecule has 5 nitrogen and oxygen atoms in total. The number of nitrogens with one attached hydrogen (secondary N) is 2. The zero-order valence-electron chi connectivity index (χ0n) is 12.1. The smallest absolute Gasteiger partial charge is 0.242 e. The highest BCUT2D eigenvalue weighted by molar-refractivity contribution is 7.98. The van der Waals surface area contributed by atoms with Gasteiger partial charge >= 0.3 is 0 Å². The van der Waals surface area contributed by atoms with Crippen LogP contribution >= 0.6 is 11.8 Å². The molecule has 0 saturated carbocycles. The molecular weight excluding hydrogens is 294 g/mol. The molecule has 0 saturated heterocycles. The third-order valence-electron chi connectivity index (χ3n) is 2.72. The first kappa shape index (κ1) is 17.3. The Balaban J connectivity index is 2.43. The summed E-state index contributed by atoms with van der Waals surface area (Å²) in [5.74, 6) is 1.81. The number of thioether (sulfide) groups is 1. The number of aromatic nitrogens is 1. The van der Waals surface area contributed by atoms with Crippen molar-refractivity contribution in [1.29, 1.82) is 0 Å². The molecule has 0 fully saturated rings. The summed E-state index contributed by atoms with van der Waals surface area (Å²) in [5, 5.41) is 3.03. The molecule has 0 aliphatic heterocycles. The van der Waals surface area contributed by atoms with Gasteiger partial charge in [0.05, 0.1) is 0 Å². The Hall–Kier alpha value is -0.790. The van der Waals surface area contributed by atoms with Gasteiger partial charge in [-0.1, -0.05) is 6.42 Å². The minimum absolute atomic E-state index is 0.211. The van der Waals surface area contributed by atoms with Crippen molar-refractivity contribution in [3.63, 3.8) is 0 Å². The van der Waals surface area contributed by atoms with E-state index in [0.717, 1.165) is 31.6 Å². The van der Waals surface area contributed by atoms with Crippen LogP contribution in [0.1, 0.15) is 26.2 Å². The number of unbranched alkanes of at least 4 members (excludes halogenated alkanes) is 2. The molecule has 0 radical (unpaired) electrons. The highest BCUT2D eigenvalue weighted by Gasteiger charge is 2.13. The van der Waals surface area contributed by atoms with E-state index >= 15 is 0 Å². The molecule has 7 heteroatoms. The largest absolute Gasteiger partial charge is 0.370 e. The first-order valence-corrected chi connectivity index (χ1v) is 9.66. The minimum Gasteiger partial charge on any atom is -0.370 e. The van der Waals surface area contributed by atoms with Crippen LogP contribution in [-0.2, 0) is 10.0 Å². The maximum Gasteiger partial charge on any atom is 0.242 e. The molecular formula is C13H23N3O2S2. The molecule has 0 aliphatic carbocycles. The fourth-order valence-electron chi connectivity index (χ4n) is 1.66. The Morgan fingerprint density at radius 3 is 2.65 bits per heavy atom. The molecule has 0 aromatic carbocycles. The first-order chi connectivity index (χ1) is 9.60. The Kier molecular flexibility index (Phi) is 7.94. The van der Waals surface area contributed by atoms with Crippen LogP contribution in [-0.4, -0.2) is 38.5 Å². The summed E-state index contributed by atoms with van der Waals surface area (Å²) in [6.45, 7) is 3.20. The van der Waals surface area contributed by atoms with Crippen LogP contribution in [0.3, 0.4) is 0 Å². The predicted octanol–water partition coefficient (Wildman–Crippen LogP) is 2.33.